The molecule has 1 N–H and O–H groups in total. The van der Waals surface area contributed by atoms with Gasteiger partial charge < -0.3 is 19.5 Å². The van der Waals surface area contributed by atoms with Crippen molar-refractivity contribution >= 4 is 23.1 Å². The normalized spacial score (nSPS) is 16.6. The zero-order valence-corrected chi connectivity index (χ0v) is 18.3. The van der Waals surface area contributed by atoms with E-state index in [1.165, 1.54) is 12.1 Å². The van der Waals surface area contributed by atoms with Gasteiger partial charge in [-0.25, -0.2) is 14.2 Å². The van der Waals surface area contributed by atoms with Gasteiger partial charge in [-0.3, -0.25) is 0 Å². The summed E-state index contributed by atoms with van der Waals surface area (Å²) in [5.74, 6) is 0.489. The van der Waals surface area contributed by atoms with Crippen molar-refractivity contribution in [3.8, 4) is 0 Å². The predicted octanol–water partition coefficient (Wildman–Crippen LogP) is 5.04. The van der Waals surface area contributed by atoms with Crippen molar-refractivity contribution in [1.82, 2.24) is 14.5 Å². The molecular weight excluding hydrogens is 395 g/mol. The van der Waals surface area contributed by atoms with Crippen LogP contribution in [-0.4, -0.2) is 45.3 Å². The Kier molecular flexibility index (Phi) is 5.85. The maximum absolute atomic E-state index is 13.3. The van der Waals surface area contributed by atoms with E-state index in [0.717, 1.165) is 35.4 Å². The van der Waals surface area contributed by atoms with Gasteiger partial charge in [0.1, 0.15) is 11.4 Å². The summed E-state index contributed by atoms with van der Waals surface area (Å²) in [5, 5.41) is 3.45. The number of likely N-dealkylation sites (tertiary alicyclic amines) is 1. The molecule has 1 unspecified atom stereocenters. The summed E-state index contributed by atoms with van der Waals surface area (Å²) in [7, 11) is 0. The highest BCUT2D eigenvalue weighted by Gasteiger charge is 2.32. The molecule has 1 amide bonds. The van der Waals surface area contributed by atoms with Crippen molar-refractivity contribution in [2.45, 2.75) is 51.8 Å². The zero-order valence-electron chi connectivity index (χ0n) is 18.3. The van der Waals surface area contributed by atoms with Crippen LogP contribution in [0.5, 0.6) is 0 Å². The topological polar surface area (TPSA) is 59.4 Å². The Morgan fingerprint density at radius 2 is 1.94 bits per heavy atom. The van der Waals surface area contributed by atoms with E-state index in [-0.39, 0.29) is 18.0 Å². The summed E-state index contributed by atoms with van der Waals surface area (Å²) in [4.78, 5) is 19.2. The number of nitrogens with zero attached hydrogens (tertiary/aromatic N) is 3. The van der Waals surface area contributed by atoms with Crippen LogP contribution in [0.15, 0.2) is 48.5 Å². The van der Waals surface area contributed by atoms with Crippen LogP contribution >= 0.6 is 0 Å². The van der Waals surface area contributed by atoms with Crippen LogP contribution in [0.1, 0.15) is 39.2 Å². The smallest absolute Gasteiger partial charge is 0.410 e. The largest absolute Gasteiger partial charge is 0.444 e. The molecular formula is C24H29FN4O2. The molecule has 0 radical (unpaired) electrons. The predicted molar refractivity (Wildman–Crippen MR) is 120 cm³/mol. The second kappa shape index (κ2) is 8.57. The van der Waals surface area contributed by atoms with Crippen LogP contribution in [0.3, 0.4) is 0 Å². The highest BCUT2D eigenvalue weighted by atomic mass is 19.1. The van der Waals surface area contributed by atoms with Crippen molar-refractivity contribution < 1.29 is 13.9 Å². The number of hydrogen-bond donors (Lipinski definition) is 1. The number of fused-ring (bicyclic) bond motifs is 1. The number of rotatable bonds is 5. The first-order chi connectivity index (χ1) is 14.8. The first kappa shape index (κ1) is 21.2. The van der Waals surface area contributed by atoms with E-state index in [4.69, 9.17) is 9.72 Å². The Morgan fingerprint density at radius 3 is 2.68 bits per heavy atom. The molecule has 1 aliphatic heterocycles. The summed E-state index contributed by atoms with van der Waals surface area (Å²) in [6.45, 7) is 7.51. The molecule has 31 heavy (non-hydrogen) atoms. The second-order valence-corrected chi connectivity index (χ2v) is 8.99. The van der Waals surface area contributed by atoms with Gasteiger partial charge in [0.25, 0.3) is 0 Å². The first-order valence-electron chi connectivity index (χ1n) is 10.7. The lowest BCUT2D eigenvalue weighted by atomic mass is 10.2. The number of nitrogens with one attached hydrogen (secondary N) is 1. The van der Waals surface area contributed by atoms with E-state index < -0.39 is 5.60 Å². The molecule has 1 aliphatic rings. The molecule has 164 valence electrons. The Bertz CT molecular complexity index is 1060. The van der Waals surface area contributed by atoms with Crippen molar-refractivity contribution in [2.75, 3.05) is 18.4 Å². The Hall–Kier alpha value is -3.09. The van der Waals surface area contributed by atoms with E-state index in [2.05, 4.69) is 9.88 Å². The summed E-state index contributed by atoms with van der Waals surface area (Å²) in [5.41, 5.74) is 2.37. The van der Waals surface area contributed by atoms with Gasteiger partial charge in [0.05, 0.1) is 23.6 Å². The van der Waals surface area contributed by atoms with E-state index in [0.29, 0.717) is 19.6 Å². The third kappa shape index (κ3) is 4.98. The maximum Gasteiger partial charge on any atom is 0.410 e. The van der Waals surface area contributed by atoms with E-state index in [9.17, 15) is 9.18 Å². The molecule has 0 bridgehead atoms. The lowest BCUT2D eigenvalue weighted by molar-refractivity contribution is 0.0235. The molecule has 3 aromatic rings. The van der Waals surface area contributed by atoms with E-state index >= 15 is 0 Å². The van der Waals surface area contributed by atoms with Crippen LogP contribution < -0.4 is 5.32 Å². The molecule has 1 saturated heterocycles. The highest BCUT2D eigenvalue weighted by Crippen LogP contribution is 2.24. The fourth-order valence-corrected chi connectivity index (χ4v) is 3.96. The molecule has 1 fully saturated rings. The number of carbonyl (C=O) groups is 1. The van der Waals surface area contributed by atoms with Gasteiger partial charge in [-0.15, -0.1) is 0 Å². The molecule has 0 aliphatic carbocycles. The van der Waals surface area contributed by atoms with Crippen molar-refractivity contribution in [3.05, 3.63) is 59.9 Å². The summed E-state index contributed by atoms with van der Waals surface area (Å²) >= 11 is 0. The van der Waals surface area contributed by atoms with Crippen molar-refractivity contribution in [1.29, 1.82) is 0 Å². The Morgan fingerprint density at radius 1 is 1.19 bits per heavy atom. The summed E-state index contributed by atoms with van der Waals surface area (Å²) in [6.07, 6.45) is 1.61. The van der Waals surface area contributed by atoms with Crippen LogP contribution in [-0.2, 0) is 11.3 Å². The molecule has 1 atom stereocenters. The van der Waals surface area contributed by atoms with E-state index in [1.807, 2.05) is 49.9 Å². The quantitative estimate of drug-likeness (QED) is 0.624. The average Bonchev–Trinajstić information content (AvgIpc) is 3.32. The van der Waals surface area contributed by atoms with Gasteiger partial charge in [-0.05, 0) is 63.4 Å². The van der Waals surface area contributed by atoms with Gasteiger partial charge in [0.2, 0.25) is 5.95 Å². The number of para-hydroxylation sites is 2. The van der Waals surface area contributed by atoms with Gasteiger partial charge in [-0.1, -0.05) is 24.3 Å². The van der Waals surface area contributed by atoms with Gasteiger partial charge in [-0.2, -0.15) is 0 Å². The lowest BCUT2D eigenvalue weighted by Gasteiger charge is -2.28. The summed E-state index contributed by atoms with van der Waals surface area (Å²) in [6, 6.07) is 14.5. The van der Waals surface area contributed by atoms with Crippen LogP contribution in [0.25, 0.3) is 11.0 Å². The van der Waals surface area contributed by atoms with E-state index in [1.54, 1.807) is 12.1 Å². The van der Waals surface area contributed by atoms with Crippen molar-refractivity contribution in [2.24, 2.45) is 0 Å². The number of amides is 1. The maximum atomic E-state index is 13.3. The SMILES string of the molecule is CC(C)(C)OC(=O)N1CCCC1CNc1nc2ccccc2n1Cc1ccc(F)cc1. The number of ether oxygens (including phenoxy) is 1. The van der Waals surface area contributed by atoms with Crippen LogP contribution in [0.4, 0.5) is 15.1 Å². The molecule has 2 heterocycles. The van der Waals surface area contributed by atoms with Crippen LogP contribution in [0, 0.1) is 5.82 Å². The number of aromatic nitrogens is 2. The number of halogens is 1. The zero-order chi connectivity index (χ0) is 22.0. The fraction of sp³-hybridized carbons (Fsp3) is 0.417. The molecule has 7 heteroatoms. The number of anilines is 1. The fourth-order valence-electron chi connectivity index (χ4n) is 3.96. The van der Waals surface area contributed by atoms with Gasteiger partial charge in [0, 0.05) is 13.1 Å². The minimum absolute atomic E-state index is 0.0499. The number of hydrogen-bond acceptors (Lipinski definition) is 4. The standard InChI is InChI=1S/C24H29FN4O2/c1-24(2,3)31-23(30)28-14-6-7-19(28)15-26-22-27-20-8-4-5-9-21(20)29(22)16-17-10-12-18(25)13-11-17/h4-5,8-13,19H,6-7,14-16H2,1-3H3,(H,26,27). The third-order valence-corrected chi connectivity index (χ3v) is 5.41. The number of carbonyl (C=O) groups excluding carboxylic acids is 1. The molecule has 6 nitrogen and oxygen atoms in total. The Labute approximate surface area is 182 Å². The van der Waals surface area contributed by atoms with Gasteiger partial charge >= 0.3 is 6.09 Å². The minimum Gasteiger partial charge on any atom is -0.444 e. The summed E-state index contributed by atoms with van der Waals surface area (Å²) < 4.78 is 21.0. The molecule has 0 saturated carbocycles. The second-order valence-electron chi connectivity index (χ2n) is 8.99. The third-order valence-electron chi connectivity index (χ3n) is 5.41. The first-order valence-corrected chi connectivity index (χ1v) is 10.7. The molecule has 0 spiro atoms. The molecule has 4 rings (SSSR count). The monoisotopic (exact) mass is 424 g/mol. The minimum atomic E-state index is -0.513. The molecule has 1 aromatic heterocycles. The van der Waals surface area contributed by atoms with Crippen LogP contribution in [0.2, 0.25) is 0 Å². The average molecular weight is 425 g/mol. The van der Waals surface area contributed by atoms with Crippen molar-refractivity contribution in [3.63, 3.8) is 0 Å². The number of imidazole rings is 1. The molecule has 2 aromatic carbocycles. The highest BCUT2D eigenvalue weighted by molar-refractivity contribution is 5.78. The van der Waals surface area contributed by atoms with Gasteiger partial charge in [0.15, 0.2) is 0 Å². The Balaban J connectivity index is 1.53. The lowest BCUT2D eigenvalue weighted by Crippen LogP contribution is -2.42. The number of benzene rings is 2.